The Labute approximate surface area is 130 Å². The molecule has 5 heteroatoms. The SMILES string of the molecule is COC(=O)c1ccc(/C=C/C(=O)N2CC(C)OC(C)C2)cc1. The number of rotatable bonds is 3. The van der Waals surface area contributed by atoms with E-state index in [1.165, 1.54) is 7.11 Å². The molecule has 0 spiro atoms. The second kappa shape index (κ2) is 7.22. The van der Waals surface area contributed by atoms with Gasteiger partial charge in [-0.05, 0) is 37.6 Å². The Kier molecular flexibility index (Phi) is 5.33. The predicted octanol–water partition coefficient (Wildman–Crippen LogP) is 2.12. The fourth-order valence-corrected chi connectivity index (χ4v) is 2.48. The fraction of sp³-hybridized carbons (Fsp3) is 0.412. The first kappa shape index (κ1) is 16.2. The highest BCUT2D eigenvalue weighted by atomic mass is 16.5. The van der Waals surface area contributed by atoms with E-state index in [1.54, 1.807) is 41.3 Å². The van der Waals surface area contributed by atoms with Crippen molar-refractivity contribution in [1.29, 1.82) is 0 Å². The van der Waals surface area contributed by atoms with E-state index in [0.717, 1.165) is 5.56 Å². The third-order valence-electron chi connectivity index (χ3n) is 3.48. The van der Waals surface area contributed by atoms with Crippen molar-refractivity contribution in [3.8, 4) is 0 Å². The van der Waals surface area contributed by atoms with Crippen molar-refractivity contribution < 1.29 is 19.1 Å². The van der Waals surface area contributed by atoms with Crippen LogP contribution in [0.4, 0.5) is 0 Å². The minimum absolute atomic E-state index is 0.0287. The summed E-state index contributed by atoms with van der Waals surface area (Å²) in [6.45, 7) is 5.14. The monoisotopic (exact) mass is 303 g/mol. The van der Waals surface area contributed by atoms with Crippen LogP contribution in [0, 0.1) is 0 Å². The summed E-state index contributed by atoms with van der Waals surface area (Å²) in [4.78, 5) is 25.3. The van der Waals surface area contributed by atoms with Gasteiger partial charge in [-0.25, -0.2) is 4.79 Å². The van der Waals surface area contributed by atoms with Crippen LogP contribution in [0.25, 0.3) is 6.08 Å². The van der Waals surface area contributed by atoms with Gasteiger partial charge in [-0.2, -0.15) is 0 Å². The Balaban J connectivity index is 1.99. The number of hydrogen-bond acceptors (Lipinski definition) is 4. The molecule has 2 rings (SSSR count). The van der Waals surface area contributed by atoms with Crippen molar-refractivity contribution >= 4 is 18.0 Å². The quantitative estimate of drug-likeness (QED) is 0.634. The summed E-state index contributed by atoms with van der Waals surface area (Å²) in [6, 6.07) is 6.91. The third kappa shape index (κ3) is 4.18. The number of ether oxygens (including phenoxy) is 2. The minimum atomic E-state index is -0.372. The van der Waals surface area contributed by atoms with Crippen LogP contribution in [-0.4, -0.2) is 49.2 Å². The Morgan fingerprint density at radius 1 is 1.18 bits per heavy atom. The van der Waals surface area contributed by atoms with E-state index in [9.17, 15) is 9.59 Å². The number of esters is 1. The van der Waals surface area contributed by atoms with Gasteiger partial charge in [0.15, 0.2) is 0 Å². The molecule has 1 aliphatic rings. The van der Waals surface area contributed by atoms with Crippen molar-refractivity contribution in [3.63, 3.8) is 0 Å². The maximum Gasteiger partial charge on any atom is 0.337 e. The lowest BCUT2D eigenvalue weighted by molar-refractivity contribution is -0.137. The molecular formula is C17H21NO4. The van der Waals surface area contributed by atoms with Gasteiger partial charge in [0.1, 0.15) is 0 Å². The second-order valence-corrected chi connectivity index (χ2v) is 5.45. The van der Waals surface area contributed by atoms with Crippen LogP contribution in [0.1, 0.15) is 29.8 Å². The molecule has 0 aliphatic carbocycles. The maximum atomic E-state index is 12.2. The summed E-state index contributed by atoms with van der Waals surface area (Å²) in [6.07, 6.45) is 3.41. The molecule has 0 aromatic heterocycles. The van der Waals surface area contributed by atoms with Crippen molar-refractivity contribution in [2.75, 3.05) is 20.2 Å². The fourth-order valence-electron chi connectivity index (χ4n) is 2.48. The average molecular weight is 303 g/mol. The largest absolute Gasteiger partial charge is 0.465 e. The Bertz CT molecular complexity index is 555. The molecule has 0 radical (unpaired) electrons. The lowest BCUT2D eigenvalue weighted by Gasteiger charge is -2.34. The van der Waals surface area contributed by atoms with E-state index in [1.807, 2.05) is 13.8 Å². The lowest BCUT2D eigenvalue weighted by Crippen LogP contribution is -2.47. The maximum absolute atomic E-state index is 12.2. The zero-order valence-electron chi connectivity index (χ0n) is 13.1. The van der Waals surface area contributed by atoms with Crippen LogP contribution in [0.5, 0.6) is 0 Å². The molecule has 22 heavy (non-hydrogen) atoms. The van der Waals surface area contributed by atoms with Crippen LogP contribution >= 0.6 is 0 Å². The zero-order valence-corrected chi connectivity index (χ0v) is 13.1. The first-order valence-corrected chi connectivity index (χ1v) is 7.30. The molecule has 1 heterocycles. The summed E-state index contributed by atoms with van der Waals surface area (Å²) in [5, 5.41) is 0. The van der Waals surface area contributed by atoms with Gasteiger partial charge >= 0.3 is 5.97 Å². The number of methoxy groups -OCH3 is 1. The predicted molar refractivity (Wildman–Crippen MR) is 83.4 cm³/mol. The smallest absolute Gasteiger partial charge is 0.337 e. The summed E-state index contributed by atoms with van der Waals surface area (Å²) < 4.78 is 10.3. The Hall–Kier alpha value is -2.14. The number of benzene rings is 1. The Morgan fingerprint density at radius 2 is 1.77 bits per heavy atom. The summed E-state index contributed by atoms with van der Waals surface area (Å²) >= 11 is 0. The molecule has 5 nitrogen and oxygen atoms in total. The molecule has 1 aliphatic heterocycles. The van der Waals surface area contributed by atoms with E-state index < -0.39 is 0 Å². The van der Waals surface area contributed by atoms with E-state index in [-0.39, 0.29) is 24.1 Å². The first-order valence-electron chi connectivity index (χ1n) is 7.30. The molecule has 1 saturated heterocycles. The first-order chi connectivity index (χ1) is 10.5. The van der Waals surface area contributed by atoms with Crippen LogP contribution in [0.3, 0.4) is 0 Å². The van der Waals surface area contributed by atoms with E-state index in [2.05, 4.69) is 4.74 Å². The lowest BCUT2D eigenvalue weighted by atomic mass is 10.1. The molecule has 0 bridgehead atoms. The highest BCUT2D eigenvalue weighted by molar-refractivity contribution is 5.92. The van der Waals surface area contributed by atoms with E-state index >= 15 is 0 Å². The number of nitrogens with zero attached hydrogens (tertiary/aromatic N) is 1. The van der Waals surface area contributed by atoms with E-state index in [4.69, 9.17) is 4.74 Å². The molecule has 118 valence electrons. The molecule has 1 fully saturated rings. The molecule has 2 atom stereocenters. The van der Waals surface area contributed by atoms with Gasteiger partial charge in [0.2, 0.25) is 5.91 Å². The van der Waals surface area contributed by atoms with Gasteiger partial charge in [0, 0.05) is 19.2 Å². The van der Waals surface area contributed by atoms with Gasteiger partial charge in [0.25, 0.3) is 0 Å². The number of carbonyl (C=O) groups is 2. The molecule has 1 aromatic rings. The third-order valence-corrected chi connectivity index (χ3v) is 3.48. The van der Waals surface area contributed by atoms with Gasteiger partial charge in [-0.15, -0.1) is 0 Å². The highest BCUT2D eigenvalue weighted by Crippen LogP contribution is 2.12. The zero-order chi connectivity index (χ0) is 16.1. The summed E-state index contributed by atoms with van der Waals surface area (Å²) in [5.41, 5.74) is 1.34. The molecule has 1 amide bonds. The Morgan fingerprint density at radius 3 is 2.32 bits per heavy atom. The number of morpholine rings is 1. The molecule has 0 N–H and O–H groups in total. The van der Waals surface area contributed by atoms with Crippen LogP contribution < -0.4 is 0 Å². The van der Waals surface area contributed by atoms with Gasteiger partial charge in [0.05, 0.1) is 24.9 Å². The molecular weight excluding hydrogens is 282 g/mol. The van der Waals surface area contributed by atoms with Gasteiger partial charge in [-0.3, -0.25) is 4.79 Å². The normalized spacial score (nSPS) is 21.9. The van der Waals surface area contributed by atoms with Crippen molar-refractivity contribution in [2.45, 2.75) is 26.1 Å². The van der Waals surface area contributed by atoms with Gasteiger partial charge in [-0.1, -0.05) is 12.1 Å². The second-order valence-electron chi connectivity index (χ2n) is 5.45. The van der Waals surface area contributed by atoms with E-state index in [0.29, 0.717) is 18.7 Å². The minimum Gasteiger partial charge on any atom is -0.465 e. The number of amides is 1. The van der Waals surface area contributed by atoms with Gasteiger partial charge < -0.3 is 14.4 Å². The van der Waals surface area contributed by atoms with Crippen molar-refractivity contribution in [3.05, 3.63) is 41.5 Å². The number of carbonyl (C=O) groups excluding carboxylic acids is 2. The summed E-state index contributed by atoms with van der Waals surface area (Å²) in [5.74, 6) is -0.401. The van der Waals surface area contributed by atoms with Crippen LogP contribution in [-0.2, 0) is 14.3 Å². The molecule has 1 aromatic carbocycles. The molecule has 0 saturated carbocycles. The molecule has 2 unspecified atom stereocenters. The standard InChI is InChI=1S/C17H21NO4/c1-12-10-18(11-13(2)22-12)16(19)9-6-14-4-7-15(8-5-14)17(20)21-3/h4-9,12-13H,10-11H2,1-3H3/b9-6+. The average Bonchev–Trinajstić information content (AvgIpc) is 2.51. The number of hydrogen-bond donors (Lipinski definition) is 0. The van der Waals surface area contributed by atoms with Crippen molar-refractivity contribution in [2.24, 2.45) is 0 Å². The van der Waals surface area contributed by atoms with Crippen molar-refractivity contribution in [1.82, 2.24) is 4.90 Å². The topological polar surface area (TPSA) is 55.8 Å². The summed E-state index contributed by atoms with van der Waals surface area (Å²) in [7, 11) is 1.35. The highest BCUT2D eigenvalue weighted by Gasteiger charge is 2.24. The van der Waals surface area contributed by atoms with Crippen LogP contribution in [0.2, 0.25) is 0 Å². The van der Waals surface area contributed by atoms with Crippen LogP contribution in [0.15, 0.2) is 30.3 Å².